The molecule has 0 radical (unpaired) electrons. The monoisotopic (exact) mass is 440 g/mol. The van der Waals surface area contributed by atoms with Crippen LogP contribution in [0.2, 0.25) is 0 Å². The molecule has 3 heterocycles. The largest absolute Gasteiger partial charge is 0.375 e. The molecule has 0 bridgehead atoms. The zero-order valence-corrected chi connectivity index (χ0v) is 19.5. The Labute approximate surface area is 187 Å². The molecule has 1 aliphatic carbocycles. The smallest absolute Gasteiger partial charge is 0.180 e. The fourth-order valence-electron chi connectivity index (χ4n) is 5.34. The summed E-state index contributed by atoms with van der Waals surface area (Å²) >= 11 is 3.56. The van der Waals surface area contributed by atoms with Gasteiger partial charge in [0, 0.05) is 46.3 Å². The number of hydrogen-bond acceptors (Lipinski definition) is 6. The topological polar surface area (TPSA) is 45.4 Å². The van der Waals surface area contributed by atoms with Gasteiger partial charge in [0.25, 0.3) is 0 Å². The number of anilines is 2. The third-order valence-corrected chi connectivity index (χ3v) is 8.71. The van der Waals surface area contributed by atoms with Crippen molar-refractivity contribution >= 4 is 43.6 Å². The second-order valence-corrected chi connectivity index (χ2v) is 10.9. The quantitative estimate of drug-likeness (QED) is 0.555. The summed E-state index contributed by atoms with van der Waals surface area (Å²) in [5.74, 6) is 0.808. The molecular weight excluding hydrogens is 408 g/mol. The fraction of sp³-hybridized carbons (Fsp3) is 0.542. The number of nitrogen functional groups attached to an aromatic ring is 1. The number of nitrogens with zero attached hydrogens (tertiary/aromatic N) is 3. The molecule has 3 aromatic rings. The molecule has 160 valence electrons. The molecule has 1 unspecified atom stereocenters. The van der Waals surface area contributed by atoms with Gasteiger partial charge >= 0.3 is 0 Å². The minimum absolute atomic E-state index is 0.662. The van der Waals surface area contributed by atoms with E-state index < -0.39 is 0 Å². The van der Waals surface area contributed by atoms with E-state index in [9.17, 15) is 0 Å². The minimum Gasteiger partial charge on any atom is -0.375 e. The van der Waals surface area contributed by atoms with Crippen LogP contribution >= 0.6 is 22.7 Å². The lowest BCUT2D eigenvalue weighted by molar-refractivity contribution is 0.143. The minimum atomic E-state index is 0.662. The van der Waals surface area contributed by atoms with Gasteiger partial charge in [-0.1, -0.05) is 13.0 Å². The standard InChI is InChI=1S/C24H32N4S2/c1-2-11-28(18-6-7-20-23(15-18)30-24(25)26-20)16-17-8-12-27(13-9-17)21-4-3-5-22-19(21)10-14-29-22/h3-5,10,14,17-18H,2,6-9,11-13,15-16H2,1H3,(H2,25,26). The van der Waals surface area contributed by atoms with Gasteiger partial charge in [-0.3, -0.25) is 4.90 Å². The predicted octanol–water partition coefficient (Wildman–Crippen LogP) is 5.43. The van der Waals surface area contributed by atoms with E-state index in [4.69, 9.17) is 5.73 Å². The Bertz CT molecular complexity index is 986. The highest BCUT2D eigenvalue weighted by atomic mass is 32.1. The van der Waals surface area contributed by atoms with E-state index in [0.717, 1.165) is 23.9 Å². The van der Waals surface area contributed by atoms with Crippen molar-refractivity contribution in [3.05, 3.63) is 40.2 Å². The SMILES string of the molecule is CCCN(CC1CCN(c2cccc3sccc23)CC1)C1CCc2nc(N)sc2C1. The lowest BCUT2D eigenvalue weighted by atomic mass is 9.91. The van der Waals surface area contributed by atoms with Crippen molar-refractivity contribution in [2.24, 2.45) is 5.92 Å². The first-order chi connectivity index (χ1) is 14.7. The third-order valence-electron chi connectivity index (χ3n) is 6.88. The Morgan fingerprint density at radius 1 is 1.20 bits per heavy atom. The maximum Gasteiger partial charge on any atom is 0.180 e. The summed E-state index contributed by atoms with van der Waals surface area (Å²) < 4.78 is 1.41. The molecule has 5 rings (SSSR count). The maximum absolute atomic E-state index is 5.97. The van der Waals surface area contributed by atoms with Crippen LogP contribution < -0.4 is 10.6 Å². The first-order valence-electron chi connectivity index (χ1n) is 11.4. The molecule has 1 aliphatic heterocycles. The summed E-state index contributed by atoms with van der Waals surface area (Å²) in [5.41, 5.74) is 8.66. The average Bonchev–Trinajstić information content (AvgIpc) is 3.38. The third kappa shape index (κ3) is 4.10. The van der Waals surface area contributed by atoms with Gasteiger partial charge in [0.2, 0.25) is 0 Å². The van der Waals surface area contributed by atoms with Crippen LogP contribution in [0.4, 0.5) is 10.8 Å². The van der Waals surface area contributed by atoms with E-state index in [0.29, 0.717) is 6.04 Å². The van der Waals surface area contributed by atoms with Crippen molar-refractivity contribution in [2.75, 3.05) is 36.8 Å². The normalized spacial score (nSPS) is 20.2. The number of piperidine rings is 1. The Morgan fingerprint density at radius 3 is 2.90 bits per heavy atom. The lowest BCUT2D eigenvalue weighted by Crippen LogP contribution is -2.45. The molecule has 1 atom stereocenters. The van der Waals surface area contributed by atoms with Gasteiger partial charge in [-0.15, -0.1) is 22.7 Å². The van der Waals surface area contributed by atoms with Crippen molar-refractivity contribution in [2.45, 2.75) is 51.5 Å². The van der Waals surface area contributed by atoms with Crippen molar-refractivity contribution in [1.82, 2.24) is 9.88 Å². The highest BCUT2D eigenvalue weighted by Crippen LogP contribution is 2.34. The van der Waals surface area contributed by atoms with Crippen LogP contribution in [0.25, 0.3) is 10.1 Å². The first-order valence-corrected chi connectivity index (χ1v) is 13.1. The van der Waals surface area contributed by atoms with Crippen LogP contribution in [0, 0.1) is 5.92 Å². The lowest BCUT2D eigenvalue weighted by Gasteiger charge is -2.39. The highest BCUT2D eigenvalue weighted by molar-refractivity contribution is 7.17. The molecule has 1 fully saturated rings. The van der Waals surface area contributed by atoms with Gasteiger partial charge in [0.1, 0.15) is 0 Å². The zero-order chi connectivity index (χ0) is 20.5. The second kappa shape index (κ2) is 8.85. The predicted molar refractivity (Wildman–Crippen MR) is 131 cm³/mol. The molecule has 0 spiro atoms. The summed E-state index contributed by atoms with van der Waals surface area (Å²) in [6, 6.07) is 9.71. The number of hydrogen-bond donors (Lipinski definition) is 1. The summed E-state index contributed by atoms with van der Waals surface area (Å²) in [6.45, 7) is 7.14. The molecule has 6 heteroatoms. The molecular formula is C24H32N4S2. The van der Waals surface area contributed by atoms with Crippen molar-refractivity contribution in [3.8, 4) is 0 Å². The molecule has 2 N–H and O–H groups in total. The van der Waals surface area contributed by atoms with Crippen molar-refractivity contribution in [1.29, 1.82) is 0 Å². The van der Waals surface area contributed by atoms with Crippen LogP contribution in [-0.4, -0.2) is 42.1 Å². The molecule has 1 aromatic carbocycles. The number of nitrogens with two attached hydrogens (primary N) is 1. The van der Waals surface area contributed by atoms with Gasteiger partial charge in [0.15, 0.2) is 5.13 Å². The highest BCUT2D eigenvalue weighted by Gasteiger charge is 2.29. The van der Waals surface area contributed by atoms with Crippen molar-refractivity contribution < 1.29 is 0 Å². The van der Waals surface area contributed by atoms with E-state index >= 15 is 0 Å². The van der Waals surface area contributed by atoms with Gasteiger partial charge in [-0.05, 0) is 74.6 Å². The Kier molecular flexibility index (Phi) is 5.98. The van der Waals surface area contributed by atoms with E-state index in [1.807, 2.05) is 11.3 Å². The Morgan fingerprint density at radius 2 is 2.07 bits per heavy atom. The molecule has 0 amide bonds. The van der Waals surface area contributed by atoms with Gasteiger partial charge in [-0.2, -0.15) is 0 Å². The molecule has 4 nitrogen and oxygen atoms in total. The number of fused-ring (bicyclic) bond motifs is 2. The van der Waals surface area contributed by atoms with Gasteiger partial charge in [-0.25, -0.2) is 4.98 Å². The number of aromatic nitrogens is 1. The summed E-state index contributed by atoms with van der Waals surface area (Å²) in [5, 5.41) is 4.39. The number of rotatable bonds is 6. The van der Waals surface area contributed by atoms with Crippen LogP contribution in [0.5, 0.6) is 0 Å². The molecule has 0 saturated carbocycles. The van der Waals surface area contributed by atoms with Crippen LogP contribution in [-0.2, 0) is 12.8 Å². The number of benzene rings is 1. The van der Waals surface area contributed by atoms with Gasteiger partial charge < -0.3 is 10.6 Å². The second-order valence-electron chi connectivity index (χ2n) is 8.85. The summed E-state index contributed by atoms with van der Waals surface area (Å²) in [4.78, 5) is 11.4. The fourth-order valence-corrected chi connectivity index (χ4v) is 7.10. The van der Waals surface area contributed by atoms with Crippen LogP contribution in [0.15, 0.2) is 29.6 Å². The molecule has 30 heavy (non-hydrogen) atoms. The van der Waals surface area contributed by atoms with Crippen molar-refractivity contribution in [3.63, 3.8) is 0 Å². The zero-order valence-electron chi connectivity index (χ0n) is 17.8. The number of thiophene rings is 1. The number of thiazole rings is 1. The molecule has 1 saturated heterocycles. The Hall–Kier alpha value is -1.63. The van der Waals surface area contributed by atoms with Crippen LogP contribution in [0.1, 0.15) is 43.2 Å². The Balaban J connectivity index is 1.22. The average molecular weight is 441 g/mol. The number of aryl methyl sites for hydroxylation is 1. The maximum atomic E-state index is 5.97. The summed E-state index contributed by atoms with van der Waals surface area (Å²) in [7, 11) is 0. The molecule has 2 aromatic heterocycles. The van der Waals surface area contributed by atoms with Crippen LogP contribution in [0.3, 0.4) is 0 Å². The van der Waals surface area contributed by atoms with E-state index in [1.54, 1.807) is 11.3 Å². The van der Waals surface area contributed by atoms with E-state index in [-0.39, 0.29) is 0 Å². The van der Waals surface area contributed by atoms with E-state index in [1.165, 1.54) is 78.2 Å². The summed E-state index contributed by atoms with van der Waals surface area (Å²) in [6.07, 6.45) is 7.29. The van der Waals surface area contributed by atoms with E-state index in [2.05, 4.69) is 51.4 Å². The molecule has 2 aliphatic rings. The van der Waals surface area contributed by atoms with Gasteiger partial charge in [0.05, 0.1) is 5.69 Å². The first kappa shape index (κ1) is 20.3.